The molecule has 11 nitrogen and oxygen atoms in total. The van der Waals surface area contributed by atoms with E-state index in [0.717, 1.165) is 10.5 Å². The first-order valence-corrected chi connectivity index (χ1v) is 8.31. The maximum Gasteiger partial charge on any atom is 0.414 e. The summed E-state index contributed by atoms with van der Waals surface area (Å²) in [5, 5.41) is 19.1. The molecule has 1 amide bonds. The van der Waals surface area contributed by atoms with Crippen molar-refractivity contribution >= 4 is 23.3 Å². The Morgan fingerprint density at radius 2 is 2.11 bits per heavy atom. The van der Waals surface area contributed by atoms with Crippen LogP contribution in [0.2, 0.25) is 0 Å². The lowest BCUT2D eigenvalue weighted by atomic mass is 10.2. The molecule has 144 valence electrons. The SMILES string of the molecule is CCOC(=O)N(Cc1ccccc1)c1cc(-n2ccnn2)nc(N)c1[N+](=O)[O-]. The van der Waals surface area contributed by atoms with E-state index in [1.165, 1.54) is 23.1 Å². The quantitative estimate of drug-likeness (QED) is 0.505. The fraction of sp³-hybridized carbons (Fsp3) is 0.176. The molecule has 2 aromatic heterocycles. The van der Waals surface area contributed by atoms with E-state index in [1.54, 1.807) is 31.2 Å². The summed E-state index contributed by atoms with van der Waals surface area (Å²) >= 11 is 0. The third-order valence-corrected chi connectivity index (χ3v) is 3.79. The number of benzene rings is 1. The lowest BCUT2D eigenvalue weighted by Crippen LogP contribution is -2.32. The molecule has 3 rings (SSSR count). The fourth-order valence-corrected chi connectivity index (χ4v) is 2.59. The van der Waals surface area contributed by atoms with E-state index in [-0.39, 0.29) is 30.5 Å². The summed E-state index contributed by atoms with van der Waals surface area (Å²) in [5.74, 6) is -0.173. The van der Waals surface area contributed by atoms with Gasteiger partial charge in [0, 0.05) is 6.07 Å². The Balaban J connectivity index is 2.16. The number of nitrogens with zero attached hydrogens (tertiary/aromatic N) is 6. The van der Waals surface area contributed by atoms with Crippen LogP contribution in [0.15, 0.2) is 48.8 Å². The molecule has 11 heteroatoms. The van der Waals surface area contributed by atoms with Crippen molar-refractivity contribution in [3.05, 3.63) is 64.5 Å². The van der Waals surface area contributed by atoms with E-state index in [0.29, 0.717) is 0 Å². The zero-order valence-corrected chi connectivity index (χ0v) is 14.9. The zero-order valence-electron chi connectivity index (χ0n) is 14.9. The molecular formula is C17H17N7O4. The van der Waals surface area contributed by atoms with Gasteiger partial charge in [-0.15, -0.1) is 5.10 Å². The minimum absolute atomic E-state index is 0.0424. The molecule has 0 spiro atoms. The van der Waals surface area contributed by atoms with E-state index in [9.17, 15) is 14.9 Å². The van der Waals surface area contributed by atoms with Crippen LogP contribution in [0.1, 0.15) is 12.5 Å². The number of nitrogen functional groups attached to an aromatic ring is 1. The van der Waals surface area contributed by atoms with Crippen molar-refractivity contribution in [1.29, 1.82) is 0 Å². The van der Waals surface area contributed by atoms with Gasteiger partial charge < -0.3 is 10.5 Å². The van der Waals surface area contributed by atoms with Gasteiger partial charge in [0.1, 0.15) is 5.69 Å². The van der Waals surface area contributed by atoms with Crippen molar-refractivity contribution in [1.82, 2.24) is 20.0 Å². The number of nitro groups is 1. The minimum atomic E-state index is -0.746. The summed E-state index contributed by atoms with van der Waals surface area (Å²) in [6.45, 7) is 1.80. The van der Waals surface area contributed by atoms with E-state index < -0.39 is 16.7 Å². The number of ether oxygens (including phenoxy) is 1. The highest BCUT2D eigenvalue weighted by atomic mass is 16.6. The minimum Gasteiger partial charge on any atom is -0.449 e. The molecule has 0 atom stereocenters. The third-order valence-electron chi connectivity index (χ3n) is 3.79. The fourth-order valence-electron chi connectivity index (χ4n) is 2.59. The van der Waals surface area contributed by atoms with E-state index in [2.05, 4.69) is 15.3 Å². The van der Waals surface area contributed by atoms with Crippen LogP contribution >= 0.6 is 0 Å². The molecule has 28 heavy (non-hydrogen) atoms. The Kier molecular flexibility index (Phi) is 5.44. The monoisotopic (exact) mass is 383 g/mol. The first-order chi connectivity index (χ1) is 13.5. The van der Waals surface area contributed by atoms with Crippen LogP contribution in [0.4, 0.5) is 22.0 Å². The average Bonchev–Trinajstić information content (AvgIpc) is 3.21. The molecule has 0 fully saturated rings. The molecule has 0 radical (unpaired) electrons. The van der Waals surface area contributed by atoms with Crippen molar-refractivity contribution in [3.8, 4) is 5.82 Å². The van der Waals surface area contributed by atoms with Gasteiger partial charge in [-0.3, -0.25) is 15.0 Å². The van der Waals surface area contributed by atoms with Gasteiger partial charge in [-0.1, -0.05) is 35.5 Å². The second-order valence-corrected chi connectivity index (χ2v) is 5.61. The Bertz CT molecular complexity index is 977. The molecule has 2 heterocycles. The van der Waals surface area contributed by atoms with Crippen LogP contribution in [0.25, 0.3) is 5.82 Å². The summed E-state index contributed by atoms with van der Waals surface area (Å²) in [6, 6.07) is 10.4. The molecule has 0 aliphatic rings. The number of anilines is 2. The van der Waals surface area contributed by atoms with Gasteiger partial charge in [-0.2, -0.15) is 0 Å². The average molecular weight is 383 g/mol. The smallest absolute Gasteiger partial charge is 0.414 e. The maximum atomic E-state index is 12.6. The normalized spacial score (nSPS) is 10.5. The largest absolute Gasteiger partial charge is 0.449 e. The Hall–Kier alpha value is -4.02. The van der Waals surface area contributed by atoms with Crippen molar-refractivity contribution < 1.29 is 14.5 Å². The number of carbonyl (C=O) groups is 1. The zero-order chi connectivity index (χ0) is 20.1. The van der Waals surface area contributed by atoms with E-state index in [1.807, 2.05) is 6.07 Å². The molecule has 0 aliphatic carbocycles. The standard InChI is InChI=1S/C17H17N7O4/c1-2-28-17(25)22(11-12-6-4-3-5-7-12)13-10-14(23-9-8-19-21-23)20-16(18)15(13)24(26)27/h3-10H,2,11H2,1H3,(H2,18,20). The van der Waals surface area contributed by atoms with Gasteiger partial charge in [-0.25, -0.2) is 14.5 Å². The number of hydrogen-bond donors (Lipinski definition) is 1. The Morgan fingerprint density at radius 3 is 2.71 bits per heavy atom. The summed E-state index contributed by atoms with van der Waals surface area (Å²) in [6.07, 6.45) is 2.18. The molecule has 3 aromatic rings. The lowest BCUT2D eigenvalue weighted by Gasteiger charge is -2.22. The molecule has 0 saturated carbocycles. The summed E-state index contributed by atoms with van der Waals surface area (Å²) in [7, 11) is 0. The predicted molar refractivity (Wildman–Crippen MR) is 99.9 cm³/mol. The van der Waals surface area contributed by atoms with Crippen LogP contribution in [0, 0.1) is 10.1 Å². The number of amides is 1. The maximum absolute atomic E-state index is 12.6. The van der Waals surface area contributed by atoms with Crippen LogP contribution < -0.4 is 10.6 Å². The molecule has 2 N–H and O–H groups in total. The van der Waals surface area contributed by atoms with Crippen LogP contribution in [0.5, 0.6) is 0 Å². The summed E-state index contributed by atoms with van der Waals surface area (Å²) in [5.41, 5.74) is 6.05. The van der Waals surface area contributed by atoms with Gasteiger partial charge in [-0.05, 0) is 12.5 Å². The Labute approximate surface area is 159 Å². The van der Waals surface area contributed by atoms with Crippen molar-refractivity contribution in [2.24, 2.45) is 0 Å². The van der Waals surface area contributed by atoms with Crippen LogP contribution in [-0.2, 0) is 11.3 Å². The highest BCUT2D eigenvalue weighted by Gasteiger charge is 2.30. The second kappa shape index (κ2) is 8.12. The predicted octanol–water partition coefficient (Wildman–Crippen LogP) is 2.32. The molecule has 0 bridgehead atoms. The number of carbonyl (C=O) groups excluding carboxylic acids is 1. The van der Waals surface area contributed by atoms with E-state index >= 15 is 0 Å². The van der Waals surface area contributed by atoms with Crippen LogP contribution in [0.3, 0.4) is 0 Å². The summed E-state index contributed by atoms with van der Waals surface area (Å²) < 4.78 is 6.39. The highest BCUT2D eigenvalue weighted by molar-refractivity contribution is 5.93. The van der Waals surface area contributed by atoms with Gasteiger partial charge in [0.25, 0.3) is 0 Å². The number of nitrogens with two attached hydrogens (primary N) is 1. The van der Waals surface area contributed by atoms with Gasteiger partial charge >= 0.3 is 11.8 Å². The van der Waals surface area contributed by atoms with Crippen molar-refractivity contribution in [3.63, 3.8) is 0 Å². The topological polar surface area (TPSA) is 142 Å². The van der Waals surface area contributed by atoms with Crippen molar-refractivity contribution in [2.45, 2.75) is 13.5 Å². The van der Waals surface area contributed by atoms with E-state index in [4.69, 9.17) is 10.5 Å². The first-order valence-electron chi connectivity index (χ1n) is 8.31. The number of pyridine rings is 1. The molecule has 1 aromatic carbocycles. The summed E-state index contributed by atoms with van der Waals surface area (Å²) in [4.78, 5) is 28.7. The van der Waals surface area contributed by atoms with Gasteiger partial charge in [0.05, 0.1) is 30.5 Å². The molecule has 0 saturated heterocycles. The molecular weight excluding hydrogens is 366 g/mol. The third kappa shape index (κ3) is 3.87. The number of rotatable bonds is 6. The highest BCUT2D eigenvalue weighted by Crippen LogP contribution is 2.35. The molecule has 0 aliphatic heterocycles. The van der Waals surface area contributed by atoms with Gasteiger partial charge in [0.2, 0.25) is 5.82 Å². The first kappa shape index (κ1) is 18.8. The van der Waals surface area contributed by atoms with Crippen molar-refractivity contribution in [2.75, 3.05) is 17.2 Å². The van der Waals surface area contributed by atoms with Gasteiger partial charge in [0.15, 0.2) is 5.82 Å². The second-order valence-electron chi connectivity index (χ2n) is 5.61. The number of aromatic nitrogens is 4. The lowest BCUT2D eigenvalue weighted by molar-refractivity contribution is -0.383. The Morgan fingerprint density at radius 1 is 1.36 bits per heavy atom. The number of hydrogen-bond acceptors (Lipinski definition) is 8. The molecule has 0 unspecified atom stereocenters. The van der Waals surface area contributed by atoms with Crippen LogP contribution in [-0.4, -0.2) is 37.6 Å².